The molecule has 0 amide bonds. The van der Waals surface area contributed by atoms with Gasteiger partial charge in [0.25, 0.3) is 11.1 Å². The number of hydrogen-bond acceptors (Lipinski definition) is 14. The molecule has 2 saturated heterocycles. The van der Waals surface area contributed by atoms with Crippen LogP contribution in [-0.4, -0.2) is 97.1 Å². The minimum atomic E-state index is -0.816. The lowest BCUT2D eigenvalue weighted by Crippen LogP contribution is -2.33. The number of aromatic nitrogens is 8. The van der Waals surface area contributed by atoms with Crippen LogP contribution >= 0.6 is 0 Å². The van der Waals surface area contributed by atoms with E-state index in [4.69, 9.17) is 19.7 Å². The average Bonchev–Trinajstić information content (AvgIpc) is 3.64. The summed E-state index contributed by atoms with van der Waals surface area (Å²) in [5.41, 5.74) is -1.29. The van der Waals surface area contributed by atoms with E-state index in [0.29, 0.717) is 11.1 Å². The van der Waals surface area contributed by atoms with Crippen molar-refractivity contribution in [2.45, 2.75) is 63.6 Å². The Morgan fingerprint density at radius 3 is 1.28 bits per heavy atom. The summed E-state index contributed by atoms with van der Waals surface area (Å²) in [4.78, 5) is 64.5. The second-order valence-corrected chi connectivity index (χ2v) is 10.00. The van der Waals surface area contributed by atoms with E-state index in [2.05, 4.69) is 29.9 Å². The maximum Gasteiger partial charge on any atom is 0.330 e. The number of aliphatic hydroxyl groups excluding tert-OH is 4. The fraction of sp³-hybridized carbons (Fsp3) is 0.429. The molecule has 6 N–H and O–H groups in total. The lowest BCUT2D eigenvalue weighted by Gasteiger charge is -2.14. The molecule has 4 aromatic rings. The molecule has 0 radical (unpaired) electrons. The van der Waals surface area contributed by atoms with Gasteiger partial charge < -0.3 is 29.9 Å². The topological polar surface area (TPSA) is 261 Å². The van der Waals surface area contributed by atoms with Crippen LogP contribution in [0.15, 0.2) is 81.1 Å². The summed E-state index contributed by atoms with van der Waals surface area (Å²) < 4.78 is 13.1. The van der Waals surface area contributed by atoms with Crippen molar-refractivity contribution in [1.82, 2.24) is 39.0 Å². The fourth-order valence-corrected chi connectivity index (χ4v) is 4.21. The Labute approximate surface area is 260 Å². The van der Waals surface area contributed by atoms with Gasteiger partial charge in [-0.25, -0.2) is 29.5 Å². The molecule has 0 spiro atoms. The molecule has 18 nitrogen and oxygen atoms in total. The van der Waals surface area contributed by atoms with Crippen molar-refractivity contribution in [3.05, 3.63) is 115 Å². The molecule has 18 heteroatoms. The molecule has 4 aromatic heterocycles. The van der Waals surface area contributed by atoms with E-state index in [-0.39, 0.29) is 26.1 Å². The lowest BCUT2D eigenvalue weighted by molar-refractivity contribution is -0.0459. The molecular formula is C28H36N8O10. The van der Waals surface area contributed by atoms with Gasteiger partial charge in [-0.05, 0) is 26.0 Å². The largest absolute Gasteiger partial charge is 0.394 e. The summed E-state index contributed by atoms with van der Waals surface area (Å²) >= 11 is 0. The van der Waals surface area contributed by atoms with Gasteiger partial charge in [0.05, 0.1) is 25.4 Å². The van der Waals surface area contributed by atoms with Gasteiger partial charge in [-0.2, -0.15) is 0 Å². The van der Waals surface area contributed by atoms with Crippen molar-refractivity contribution in [2.24, 2.45) is 0 Å². The van der Waals surface area contributed by atoms with E-state index in [0.717, 1.165) is 0 Å². The van der Waals surface area contributed by atoms with Gasteiger partial charge in [0.2, 0.25) is 0 Å². The summed E-state index contributed by atoms with van der Waals surface area (Å²) in [7, 11) is 0. The third-order valence-corrected chi connectivity index (χ3v) is 6.64. The van der Waals surface area contributed by atoms with Gasteiger partial charge in [0, 0.05) is 61.1 Å². The van der Waals surface area contributed by atoms with Gasteiger partial charge in [0.1, 0.15) is 37.3 Å². The Hall–Kier alpha value is -4.72. The lowest BCUT2D eigenvalue weighted by atomic mass is 10.2. The number of nitrogens with zero attached hydrogens (tertiary/aromatic N) is 6. The number of H-pyrrole nitrogens is 2. The van der Waals surface area contributed by atoms with E-state index in [9.17, 15) is 29.4 Å². The summed E-state index contributed by atoms with van der Waals surface area (Å²) in [6.45, 7) is 2.52. The monoisotopic (exact) mass is 644 g/mol. The third-order valence-electron chi connectivity index (χ3n) is 6.64. The molecule has 0 aliphatic carbocycles. The highest BCUT2D eigenvalue weighted by Crippen LogP contribution is 2.28. The van der Waals surface area contributed by atoms with Crippen LogP contribution in [0.2, 0.25) is 0 Å². The summed E-state index contributed by atoms with van der Waals surface area (Å²) in [5.74, 6) is 0. The maximum absolute atomic E-state index is 11.6. The molecule has 248 valence electrons. The number of aryl methyl sites for hydroxylation is 2. The van der Waals surface area contributed by atoms with Crippen LogP contribution in [0.4, 0.5) is 0 Å². The molecule has 0 unspecified atom stereocenters. The zero-order valence-corrected chi connectivity index (χ0v) is 25.0. The Morgan fingerprint density at radius 1 is 0.696 bits per heavy atom. The second kappa shape index (κ2) is 17.7. The van der Waals surface area contributed by atoms with Crippen LogP contribution < -0.4 is 22.5 Å². The van der Waals surface area contributed by atoms with Crippen molar-refractivity contribution in [1.29, 1.82) is 0 Å². The molecule has 0 aromatic carbocycles. The maximum atomic E-state index is 11.6. The van der Waals surface area contributed by atoms with Crippen LogP contribution in [0.5, 0.6) is 0 Å². The first-order valence-electron chi connectivity index (χ1n) is 14.0. The van der Waals surface area contributed by atoms with E-state index < -0.39 is 59.4 Å². The van der Waals surface area contributed by atoms with E-state index in [1.54, 1.807) is 50.8 Å². The quantitative estimate of drug-likeness (QED) is 0.139. The van der Waals surface area contributed by atoms with Crippen molar-refractivity contribution >= 4 is 0 Å². The Morgan fingerprint density at radius 2 is 1.04 bits per heavy atom. The van der Waals surface area contributed by atoms with E-state index >= 15 is 0 Å². The minimum Gasteiger partial charge on any atom is -0.394 e. The fourth-order valence-electron chi connectivity index (χ4n) is 4.21. The molecule has 46 heavy (non-hydrogen) atoms. The first kappa shape index (κ1) is 35.8. The zero-order valence-electron chi connectivity index (χ0n) is 25.0. The Kier molecular flexibility index (Phi) is 13.7. The molecule has 6 rings (SSSR count). The van der Waals surface area contributed by atoms with Gasteiger partial charge in [-0.1, -0.05) is 0 Å². The number of aromatic amines is 2. The predicted molar refractivity (Wildman–Crippen MR) is 159 cm³/mol. The van der Waals surface area contributed by atoms with Crippen molar-refractivity contribution in [2.75, 3.05) is 13.2 Å². The van der Waals surface area contributed by atoms with Crippen LogP contribution in [0.25, 0.3) is 0 Å². The number of hydrogen-bond donors (Lipinski definition) is 6. The molecule has 0 saturated carbocycles. The van der Waals surface area contributed by atoms with E-state index in [1.165, 1.54) is 34.2 Å². The molecular weight excluding hydrogens is 608 g/mol. The van der Waals surface area contributed by atoms with Crippen molar-refractivity contribution in [3.8, 4) is 0 Å². The second-order valence-electron chi connectivity index (χ2n) is 10.00. The normalized spacial score (nSPS) is 23.2. The molecule has 2 aliphatic heterocycles. The smallest absolute Gasteiger partial charge is 0.330 e. The van der Waals surface area contributed by atoms with Crippen molar-refractivity contribution in [3.63, 3.8) is 0 Å². The zero-order chi connectivity index (χ0) is 33.6. The Bertz CT molecular complexity index is 1530. The third kappa shape index (κ3) is 10.2. The van der Waals surface area contributed by atoms with Crippen LogP contribution in [0, 0.1) is 13.8 Å². The van der Waals surface area contributed by atoms with Crippen LogP contribution in [0.3, 0.4) is 0 Å². The van der Waals surface area contributed by atoms with Crippen molar-refractivity contribution < 1.29 is 29.9 Å². The van der Waals surface area contributed by atoms with Crippen LogP contribution in [0.1, 0.15) is 36.4 Å². The Balaban J connectivity index is 0.000000185. The van der Waals surface area contributed by atoms with Crippen LogP contribution in [-0.2, 0) is 9.47 Å². The number of ether oxygens (including phenoxy) is 2. The summed E-state index contributed by atoms with van der Waals surface area (Å²) in [6, 6.07) is 3.56. The van der Waals surface area contributed by atoms with Gasteiger partial charge >= 0.3 is 11.4 Å². The van der Waals surface area contributed by atoms with Gasteiger partial charge in [-0.15, -0.1) is 0 Å². The highest BCUT2D eigenvalue weighted by Gasteiger charge is 2.36. The number of rotatable bonds is 4. The molecule has 6 atom stereocenters. The first-order chi connectivity index (χ1) is 22.0. The molecule has 0 bridgehead atoms. The number of aliphatic hydroxyl groups is 4. The number of nitrogens with one attached hydrogen (secondary N) is 2. The average molecular weight is 645 g/mol. The summed E-state index contributed by atoms with van der Waals surface area (Å²) in [5, 5.41) is 37.0. The highest BCUT2D eigenvalue weighted by atomic mass is 16.5. The molecule has 2 aliphatic rings. The minimum absolute atomic E-state index is 0.205. The first-order valence-corrected chi connectivity index (χ1v) is 14.0. The van der Waals surface area contributed by atoms with E-state index in [1.807, 2.05) is 0 Å². The standard InChI is InChI=1S/2C10H14N2O5.2C4H4N2/c2*1-5-3-12(10(16)11-9(5)15)8-2-6(14)7(4-13)17-8;2*1-2-5-4-6-3-1/h2*3,6-8,13-14H,2,4H2,1H3,(H,11,15,16);2*1-4H/t2*6-,7+,8+;;/m00../s1. The van der Waals surface area contributed by atoms with Gasteiger partial charge in [0.15, 0.2) is 0 Å². The molecule has 2 fully saturated rings. The summed E-state index contributed by atoms with van der Waals surface area (Å²) in [6.07, 6.45) is 8.59. The van der Waals surface area contributed by atoms with Gasteiger partial charge in [-0.3, -0.25) is 28.7 Å². The molecule has 6 heterocycles. The highest BCUT2D eigenvalue weighted by molar-refractivity contribution is 5.03. The SMILES string of the molecule is Cc1cn([C@H]2C[C@H](O)[C@@H](CO)O2)c(=O)[nH]c1=O.Cc1cn([C@H]2C[C@H](O)[C@@H](CO)O2)c(=O)[nH]c1=O.c1cncnc1.c1cncnc1. The predicted octanol–water partition coefficient (Wildman–Crippen LogP) is -2.08.